The van der Waals surface area contributed by atoms with Crippen LogP contribution in [0.5, 0.6) is 5.75 Å². The van der Waals surface area contributed by atoms with Gasteiger partial charge < -0.3 is 9.47 Å². The van der Waals surface area contributed by atoms with E-state index in [9.17, 15) is 13.6 Å². The summed E-state index contributed by atoms with van der Waals surface area (Å²) in [7, 11) is 1.07. The monoisotopic (exact) mass is 275 g/mol. The number of hydrogen-bond donors (Lipinski definition) is 0. The molecule has 0 radical (unpaired) electrons. The Bertz CT molecular complexity index is 500. The molecule has 18 heavy (non-hydrogen) atoms. The molecule has 0 aliphatic heterocycles. The molecule has 0 aliphatic rings. The summed E-state index contributed by atoms with van der Waals surface area (Å²) in [6.45, 7) is -3.11. The zero-order valence-corrected chi connectivity index (χ0v) is 10.0. The minimum atomic E-state index is -3.11. The maximum Gasteiger partial charge on any atom is 0.387 e. The standard InChI is InChI=1S/C11H8ClF2NO3/c1-17-10(16)9-7(5-15)6(4-12)2-3-8(9)18-11(13)14/h2-3,11H,4H2,1H3. The van der Waals surface area contributed by atoms with Crippen molar-refractivity contribution in [3.8, 4) is 11.8 Å². The van der Waals surface area contributed by atoms with Crippen LogP contribution in [-0.4, -0.2) is 19.7 Å². The van der Waals surface area contributed by atoms with E-state index in [1.165, 1.54) is 6.07 Å². The molecule has 0 fully saturated rings. The molecule has 7 heteroatoms. The second-order valence-electron chi connectivity index (χ2n) is 3.09. The van der Waals surface area contributed by atoms with Crippen molar-refractivity contribution >= 4 is 17.6 Å². The summed E-state index contributed by atoms with van der Waals surface area (Å²) >= 11 is 5.60. The molecule has 0 aromatic heterocycles. The highest BCUT2D eigenvalue weighted by molar-refractivity contribution is 6.17. The largest absolute Gasteiger partial charge is 0.465 e. The Morgan fingerprint density at radius 1 is 1.56 bits per heavy atom. The Morgan fingerprint density at radius 2 is 2.22 bits per heavy atom. The first-order valence-corrected chi connectivity index (χ1v) is 5.23. The zero-order chi connectivity index (χ0) is 13.7. The topological polar surface area (TPSA) is 59.3 Å². The fourth-order valence-corrected chi connectivity index (χ4v) is 1.59. The quantitative estimate of drug-likeness (QED) is 0.626. The van der Waals surface area contributed by atoms with Crippen LogP contribution in [0.3, 0.4) is 0 Å². The Hall–Kier alpha value is -1.87. The van der Waals surface area contributed by atoms with Crippen LogP contribution >= 0.6 is 11.6 Å². The second-order valence-corrected chi connectivity index (χ2v) is 3.36. The van der Waals surface area contributed by atoms with E-state index in [0.717, 1.165) is 13.2 Å². The number of ether oxygens (including phenoxy) is 2. The maximum atomic E-state index is 12.2. The molecule has 0 bridgehead atoms. The molecule has 0 unspecified atom stereocenters. The SMILES string of the molecule is COC(=O)c1c(OC(F)F)ccc(CCl)c1C#N. The average molecular weight is 276 g/mol. The molecule has 0 amide bonds. The number of alkyl halides is 3. The van der Waals surface area contributed by atoms with Crippen molar-refractivity contribution < 1.29 is 23.0 Å². The van der Waals surface area contributed by atoms with Gasteiger partial charge in [0, 0.05) is 5.88 Å². The van der Waals surface area contributed by atoms with E-state index in [1.807, 2.05) is 0 Å². The highest BCUT2D eigenvalue weighted by atomic mass is 35.5. The first-order valence-electron chi connectivity index (χ1n) is 4.70. The van der Waals surface area contributed by atoms with Gasteiger partial charge in [-0.15, -0.1) is 11.6 Å². The lowest BCUT2D eigenvalue weighted by Crippen LogP contribution is -2.12. The van der Waals surface area contributed by atoms with E-state index in [0.29, 0.717) is 5.56 Å². The van der Waals surface area contributed by atoms with Crippen molar-refractivity contribution in [3.63, 3.8) is 0 Å². The van der Waals surface area contributed by atoms with E-state index in [4.69, 9.17) is 16.9 Å². The van der Waals surface area contributed by atoms with Gasteiger partial charge in [-0.05, 0) is 11.6 Å². The number of carbonyl (C=O) groups is 1. The normalized spacial score (nSPS) is 10.0. The van der Waals surface area contributed by atoms with E-state index >= 15 is 0 Å². The van der Waals surface area contributed by atoms with Gasteiger partial charge in [0.2, 0.25) is 0 Å². The number of nitriles is 1. The van der Waals surface area contributed by atoms with Crippen LogP contribution in [0.25, 0.3) is 0 Å². The molecule has 96 valence electrons. The fraction of sp³-hybridized carbons (Fsp3) is 0.273. The van der Waals surface area contributed by atoms with Gasteiger partial charge in [-0.2, -0.15) is 14.0 Å². The second kappa shape index (κ2) is 6.17. The molecular formula is C11H8ClF2NO3. The number of carbonyl (C=O) groups excluding carboxylic acids is 1. The first kappa shape index (κ1) is 14.2. The van der Waals surface area contributed by atoms with Crippen LogP contribution in [0.4, 0.5) is 8.78 Å². The van der Waals surface area contributed by atoms with E-state index in [-0.39, 0.29) is 17.0 Å². The van der Waals surface area contributed by atoms with Crippen LogP contribution in [0.1, 0.15) is 21.5 Å². The Balaban J connectivity index is 3.45. The molecule has 0 N–H and O–H groups in total. The summed E-state index contributed by atoms with van der Waals surface area (Å²) in [6, 6.07) is 4.23. The van der Waals surface area contributed by atoms with Crippen LogP contribution in [0, 0.1) is 11.3 Å². The lowest BCUT2D eigenvalue weighted by molar-refractivity contribution is -0.0504. The van der Waals surface area contributed by atoms with Gasteiger partial charge in [0.1, 0.15) is 17.4 Å². The summed E-state index contributed by atoms with van der Waals surface area (Å²) < 4.78 is 33.0. The molecular weight excluding hydrogens is 268 g/mol. The van der Waals surface area contributed by atoms with E-state index in [2.05, 4.69) is 9.47 Å². The fourth-order valence-electron chi connectivity index (χ4n) is 1.36. The highest BCUT2D eigenvalue weighted by Gasteiger charge is 2.23. The summed E-state index contributed by atoms with van der Waals surface area (Å²) in [5, 5.41) is 8.97. The number of benzene rings is 1. The van der Waals surface area contributed by atoms with Crippen molar-refractivity contribution in [1.29, 1.82) is 5.26 Å². The van der Waals surface area contributed by atoms with Gasteiger partial charge in [-0.3, -0.25) is 0 Å². The third-order valence-corrected chi connectivity index (χ3v) is 2.40. The van der Waals surface area contributed by atoms with Crippen molar-refractivity contribution in [3.05, 3.63) is 28.8 Å². The number of rotatable bonds is 4. The first-order chi connectivity index (χ1) is 8.54. The molecule has 0 atom stereocenters. The minimum Gasteiger partial charge on any atom is -0.465 e. The lowest BCUT2D eigenvalue weighted by atomic mass is 10.0. The van der Waals surface area contributed by atoms with Gasteiger partial charge in [0.15, 0.2) is 0 Å². The summed E-state index contributed by atoms with van der Waals surface area (Å²) in [4.78, 5) is 11.5. The third-order valence-electron chi connectivity index (χ3n) is 2.11. The molecule has 4 nitrogen and oxygen atoms in total. The van der Waals surface area contributed by atoms with Crippen molar-refractivity contribution in [1.82, 2.24) is 0 Å². The van der Waals surface area contributed by atoms with Crippen LogP contribution < -0.4 is 4.74 Å². The van der Waals surface area contributed by atoms with Crippen LogP contribution in [0.15, 0.2) is 12.1 Å². The van der Waals surface area contributed by atoms with Crippen LogP contribution in [-0.2, 0) is 10.6 Å². The van der Waals surface area contributed by atoms with Crippen molar-refractivity contribution in [2.45, 2.75) is 12.5 Å². The molecule has 1 aromatic rings. The zero-order valence-electron chi connectivity index (χ0n) is 9.25. The van der Waals surface area contributed by atoms with E-state index < -0.39 is 18.3 Å². The molecule has 0 saturated carbocycles. The van der Waals surface area contributed by atoms with Crippen molar-refractivity contribution in [2.24, 2.45) is 0 Å². The van der Waals surface area contributed by atoms with E-state index in [1.54, 1.807) is 6.07 Å². The lowest BCUT2D eigenvalue weighted by Gasteiger charge is -2.12. The smallest absolute Gasteiger partial charge is 0.387 e. The average Bonchev–Trinajstić information content (AvgIpc) is 2.36. The van der Waals surface area contributed by atoms with Crippen molar-refractivity contribution in [2.75, 3.05) is 7.11 Å². The van der Waals surface area contributed by atoms with Gasteiger partial charge in [0.25, 0.3) is 0 Å². The molecule has 0 heterocycles. The van der Waals surface area contributed by atoms with Gasteiger partial charge in [-0.25, -0.2) is 4.79 Å². The van der Waals surface area contributed by atoms with Crippen LogP contribution in [0.2, 0.25) is 0 Å². The Labute approximate surface area is 107 Å². The predicted octanol–water partition coefficient (Wildman–Crippen LogP) is 2.69. The van der Waals surface area contributed by atoms with Gasteiger partial charge >= 0.3 is 12.6 Å². The maximum absolute atomic E-state index is 12.2. The van der Waals surface area contributed by atoms with Gasteiger partial charge in [-0.1, -0.05) is 6.07 Å². The third kappa shape index (κ3) is 2.87. The summed E-state index contributed by atoms with van der Waals surface area (Å²) in [6.07, 6.45) is 0. The predicted molar refractivity (Wildman–Crippen MR) is 58.7 cm³/mol. The molecule has 1 aromatic carbocycles. The number of esters is 1. The number of halogens is 3. The number of methoxy groups -OCH3 is 1. The number of nitrogens with zero attached hydrogens (tertiary/aromatic N) is 1. The van der Waals surface area contributed by atoms with Gasteiger partial charge in [0.05, 0.1) is 12.7 Å². The minimum absolute atomic E-state index is 0.0398. The molecule has 0 spiro atoms. The number of hydrogen-bond acceptors (Lipinski definition) is 4. The Morgan fingerprint density at radius 3 is 2.67 bits per heavy atom. The Kier molecular flexibility index (Phi) is 4.86. The summed E-state index contributed by atoms with van der Waals surface area (Å²) in [5.41, 5.74) is -0.144. The summed E-state index contributed by atoms with van der Waals surface area (Å²) in [5.74, 6) is -1.39. The molecule has 1 rings (SSSR count). The molecule has 0 aliphatic carbocycles. The highest BCUT2D eigenvalue weighted by Crippen LogP contribution is 2.28. The molecule has 0 saturated heterocycles.